The molecule has 0 atom stereocenters. The van der Waals surface area contributed by atoms with Gasteiger partial charge in [0.1, 0.15) is 0 Å². The van der Waals surface area contributed by atoms with E-state index in [2.05, 4.69) is 47.1 Å². The largest absolute Gasteiger partial charge is 0.301 e. The first-order chi connectivity index (χ1) is 7.88. The van der Waals surface area contributed by atoms with Gasteiger partial charge in [0.25, 0.3) is 0 Å². The second-order valence-corrected chi connectivity index (χ2v) is 4.46. The van der Waals surface area contributed by atoms with E-state index in [1.807, 2.05) is 0 Å². The first kappa shape index (κ1) is 11.6. The van der Waals surface area contributed by atoms with Crippen molar-refractivity contribution in [1.29, 1.82) is 0 Å². The van der Waals surface area contributed by atoms with Crippen molar-refractivity contribution >= 4 is 0 Å². The van der Waals surface area contributed by atoms with Crippen LogP contribution in [0.15, 0.2) is 30.3 Å². The van der Waals surface area contributed by atoms with Gasteiger partial charge in [-0.2, -0.15) is 0 Å². The lowest BCUT2D eigenvalue weighted by molar-refractivity contribution is 0.128. The summed E-state index contributed by atoms with van der Waals surface area (Å²) in [4.78, 5) is 5.05. The van der Waals surface area contributed by atoms with Crippen LogP contribution in [0.3, 0.4) is 0 Å². The Hall–Kier alpha value is -0.860. The van der Waals surface area contributed by atoms with E-state index in [0.29, 0.717) is 0 Å². The minimum Gasteiger partial charge on any atom is -0.301 e. The molecule has 2 heteroatoms. The molecule has 0 unspecified atom stereocenters. The Kier molecular flexibility index (Phi) is 4.37. The molecule has 0 aromatic heterocycles. The molecule has 1 aromatic rings. The fourth-order valence-electron chi connectivity index (χ4n) is 2.24. The smallest absolute Gasteiger partial charge is 0.0234 e. The van der Waals surface area contributed by atoms with Gasteiger partial charge in [0.05, 0.1) is 0 Å². The average molecular weight is 217 g/mol. The number of piperazine rings is 1. The number of hydrogen-bond donors (Lipinski definition) is 0. The predicted molar refractivity (Wildman–Crippen MR) is 68.1 cm³/mol. The number of benzene rings is 1. The van der Waals surface area contributed by atoms with E-state index in [9.17, 15) is 0 Å². The summed E-state index contributed by atoms with van der Waals surface area (Å²) in [5, 5.41) is 0. The van der Waals surface area contributed by atoms with Crippen LogP contribution in [0.1, 0.15) is 12.0 Å². The second-order valence-electron chi connectivity index (χ2n) is 4.46. The van der Waals surface area contributed by atoms with Crippen LogP contribution in [-0.2, 0) is 6.54 Å². The quantitative estimate of drug-likeness (QED) is 0.761. The molecule has 1 saturated heterocycles. The third-order valence-corrected chi connectivity index (χ3v) is 3.19. The van der Waals surface area contributed by atoms with Crippen molar-refractivity contribution in [2.75, 3.05) is 32.7 Å². The van der Waals surface area contributed by atoms with Crippen LogP contribution < -0.4 is 0 Å². The molecule has 1 radical (unpaired) electrons. The highest BCUT2D eigenvalue weighted by atomic mass is 15.3. The minimum absolute atomic E-state index is 1.03. The number of hydrogen-bond acceptors (Lipinski definition) is 2. The first-order valence-electron chi connectivity index (χ1n) is 6.16. The van der Waals surface area contributed by atoms with Crippen LogP contribution in [0.2, 0.25) is 0 Å². The highest BCUT2D eigenvalue weighted by Crippen LogP contribution is 2.08. The highest BCUT2D eigenvalue weighted by Gasteiger charge is 2.15. The molecule has 1 fully saturated rings. The van der Waals surface area contributed by atoms with Gasteiger partial charge in [-0.25, -0.2) is 0 Å². The lowest BCUT2D eigenvalue weighted by atomic mass is 10.2. The maximum Gasteiger partial charge on any atom is 0.0234 e. The zero-order chi connectivity index (χ0) is 11.2. The van der Waals surface area contributed by atoms with E-state index in [-0.39, 0.29) is 0 Å². The highest BCUT2D eigenvalue weighted by molar-refractivity contribution is 5.14. The van der Waals surface area contributed by atoms with E-state index in [4.69, 9.17) is 0 Å². The molecule has 1 heterocycles. The molecular formula is C14H21N2. The van der Waals surface area contributed by atoms with Gasteiger partial charge < -0.3 is 4.90 Å². The Bertz CT molecular complexity index is 289. The molecule has 0 amide bonds. The van der Waals surface area contributed by atoms with E-state index < -0.39 is 0 Å². The summed E-state index contributed by atoms with van der Waals surface area (Å²) in [6.45, 7) is 10.9. The second kappa shape index (κ2) is 6.02. The molecule has 0 aliphatic carbocycles. The van der Waals surface area contributed by atoms with Crippen molar-refractivity contribution in [3.05, 3.63) is 42.8 Å². The van der Waals surface area contributed by atoms with Gasteiger partial charge in [0.2, 0.25) is 0 Å². The van der Waals surface area contributed by atoms with Gasteiger partial charge in [-0.05, 0) is 18.5 Å². The fraction of sp³-hybridized carbons (Fsp3) is 0.500. The SMILES string of the molecule is [CH2]CCN1CCN(Cc2ccccc2)CC1. The van der Waals surface area contributed by atoms with Crippen molar-refractivity contribution in [1.82, 2.24) is 9.80 Å². The molecule has 87 valence electrons. The van der Waals surface area contributed by atoms with Crippen LogP contribution in [0.5, 0.6) is 0 Å². The van der Waals surface area contributed by atoms with Gasteiger partial charge in [-0.15, -0.1) is 0 Å². The molecule has 0 saturated carbocycles. The average Bonchev–Trinajstić information content (AvgIpc) is 2.33. The van der Waals surface area contributed by atoms with E-state index in [0.717, 1.165) is 19.5 Å². The fourth-order valence-corrected chi connectivity index (χ4v) is 2.24. The zero-order valence-corrected chi connectivity index (χ0v) is 9.94. The molecule has 0 bridgehead atoms. The third-order valence-electron chi connectivity index (χ3n) is 3.19. The summed E-state index contributed by atoms with van der Waals surface area (Å²) in [6, 6.07) is 10.7. The molecule has 0 N–H and O–H groups in total. The monoisotopic (exact) mass is 217 g/mol. The third kappa shape index (κ3) is 3.32. The van der Waals surface area contributed by atoms with Gasteiger partial charge in [0.15, 0.2) is 0 Å². The van der Waals surface area contributed by atoms with E-state index in [1.54, 1.807) is 0 Å². The standard InChI is InChI=1S/C14H21N2/c1-2-8-15-9-11-16(12-10-15)13-14-6-4-3-5-7-14/h3-7H,1-2,8-13H2. The molecule has 2 nitrogen and oxygen atoms in total. The maximum atomic E-state index is 3.91. The van der Waals surface area contributed by atoms with Crippen molar-refractivity contribution in [3.63, 3.8) is 0 Å². The zero-order valence-electron chi connectivity index (χ0n) is 9.94. The van der Waals surface area contributed by atoms with E-state index >= 15 is 0 Å². The summed E-state index contributed by atoms with van der Waals surface area (Å²) in [5.41, 5.74) is 1.42. The Morgan fingerprint density at radius 2 is 1.56 bits per heavy atom. The minimum atomic E-state index is 1.03. The van der Waals surface area contributed by atoms with Crippen LogP contribution in [0, 0.1) is 6.92 Å². The number of rotatable bonds is 4. The predicted octanol–water partition coefficient (Wildman–Crippen LogP) is 2.03. The van der Waals surface area contributed by atoms with Gasteiger partial charge in [-0.3, -0.25) is 4.90 Å². The van der Waals surface area contributed by atoms with Gasteiger partial charge in [-0.1, -0.05) is 37.3 Å². The molecular weight excluding hydrogens is 196 g/mol. The van der Waals surface area contributed by atoms with Crippen LogP contribution >= 0.6 is 0 Å². The maximum absolute atomic E-state index is 3.91. The Morgan fingerprint density at radius 1 is 0.938 bits per heavy atom. The molecule has 2 rings (SSSR count). The van der Waals surface area contributed by atoms with Gasteiger partial charge in [0, 0.05) is 32.7 Å². The van der Waals surface area contributed by atoms with Gasteiger partial charge >= 0.3 is 0 Å². The Labute approximate surface area is 98.9 Å². The van der Waals surface area contributed by atoms with Crippen molar-refractivity contribution < 1.29 is 0 Å². The Balaban J connectivity index is 1.77. The molecule has 1 aromatic carbocycles. The van der Waals surface area contributed by atoms with Crippen LogP contribution in [-0.4, -0.2) is 42.5 Å². The number of nitrogens with zero attached hydrogens (tertiary/aromatic N) is 2. The summed E-state index contributed by atoms with van der Waals surface area (Å²) >= 11 is 0. The Morgan fingerprint density at radius 3 is 2.19 bits per heavy atom. The van der Waals surface area contributed by atoms with Crippen molar-refractivity contribution in [2.24, 2.45) is 0 Å². The van der Waals surface area contributed by atoms with Crippen molar-refractivity contribution in [3.8, 4) is 0 Å². The van der Waals surface area contributed by atoms with E-state index in [1.165, 1.54) is 31.7 Å². The lowest BCUT2D eigenvalue weighted by Crippen LogP contribution is -2.45. The normalized spacial score (nSPS) is 18.8. The molecule has 1 aliphatic heterocycles. The van der Waals surface area contributed by atoms with Crippen LogP contribution in [0.4, 0.5) is 0 Å². The summed E-state index contributed by atoms with van der Waals surface area (Å²) in [6.07, 6.45) is 1.03. The molecule has 16 heavy (non-hydrogen) atoms. The summed E-state index contributed by atoms with van der Waals surface area (Å²) in [5.74, 6) is 0. The topological polar surface area (TPSA) is 6.48 Å². The summed E-state index contributed by atoms with van der Waals surface area (Å²) in [7, 11) is 0. The van der Waals surface area contributed by atoms with Crippen LogP contribution in [0.25, 0.3) is 0 Å². The molecule has 0 spiro atoms. The van der Waals surface area contributed by atoms with Crippen molar-refractivity contribution in [2.45, 2.75) is 13.0 Å². The first-order valence-corrected chi connectivity index (χ1v) is 6.16. The summed E-state index contributed by atoms with van der Waals surface area (Å²) < 4.78 is 0. The molecule has 1 aliphatic rings. The lowest BCUT2D eigenvalue weighted by Gasteiger charge is -2.34.